The number of anilines is 1. The molecule has 0 aliphatic carbocycles. The molecule has 0 aliphatic rings. The number of hydrogen-bond donors (Lipinski definition) is 2. The fourth-order valence-corrected chi connectivity index (χ4v) is 2.58. The highest BCUT2D eigenvalue weighted by Crippen LogP contribution is 2.19. The molecule has 0 amide bonds. The highest BCUT2D eigenvalue weighted by molar-refractivity contribution is 6.32. The summed E-state index contributed by atoms with van der Waals surface area (Å²) >= 11 is 5.94. The number of nitrogens with one attached hydrogen (secondary N) is 1. The van der Waals surface area contributed by atoms with Crippen LogP contribution in [0.5, 0.6) is 0 Å². The highest BCUT2D eigenvalue weighted by Gasteiger charge is 2.22. The number of halogens is 1. The summed E-state index contributed by atoms with van der Waals surface area (Å²) in [6, 6.07) is 1.64. The zero-order chi connectivity index (χ0) is 18.9. The molecule has 0 saturated heterocycles. The van der Waals surface area contributed by atoms with Gasteiger partial charge in [0.2, 0.25) is 5.78 Å². The van der Waals surface area contributed by atoms with E-state index in [0.717, 1.165) is 4.57 Å². The van der Waals surface area contributed by atoms with Gasteiger partial charge in [-0.2, -0.15) is 0 Å². The van der Waals surface area contributed by atoms with Crippen molar-refractivity contribution in [2.75, 3.05) is 12.3 Å². The largest absolute Gasteiger partial charge is 0.454 e. The van der Waals surface area contributed by atoms with E-state index in [4.69, 9.17) is 22.1 Å². The number of aryl methyl sites for hydroxylation is 2. The number of pyridine rings is 1. The molecular weight excluding hydrogens is 352 g/mol. The van der Waals surface area contributed by atoms with E-state index >= 15 is 0 Å². The van der Waals surface area contributed by atoms with Crippen LogP contribution in [-0.2, 0) is 11.8 Å². The number of nitrogens with two attached hydrogens (primary N) is 1. The van der Waals surface area contributed by atoms with Gasteiger partial charge in [-0.3, -0.25) is 19.1 Å². The number of ether oxygens (including phenoxy) is 1. The van der Waals surface area contributed by atoms with E-state index in [1.54, 1.807) is 19.9 Å². The van der Waals surface area contributed by atoms with Gasteiger partial charge >= 0.3 is 11.7 Å². The second-order valence-corrected chi connectivity index (χ2v) is 5.68. The summed E-state index contributed by atoms with van der Waals surface area (Å²) in [5.74, 6) is -2.03. The van der Waals surface area contributed by atoms with Crippen LogP contribution in [0.25, 0.3) is 0 Å². The number of nitrogen functional groups attached to an aromatic ring is 1. The Labute approximate surface area is 146 Å². The number of esters is 1. The number of H-pyrrole nitrogens is 1. The predicted molar refractivity (Wildman–Crippen MR) is 90.1 cm³/mol. The molecular formula is C15H15ClN4O5. The molecule has 3 N–H and O–H groups in total. The lowest BCUT2D eigenvalue weighted by molar-refractivity contribution is 0.0473. The first-order valence-electron chi connectivity index (χ1n) is 7.06. The third-order valence-electron chi connectivity index (χ3n) is 3.49. The maximum atomic E-state index is 12.2. The van der Waals surface area contributed by atoms with E-state index in [2.05, 4.69) is 4.98 Å². The van der Waals surface area contributed by atoms with Crippen molar-refractivity contribution in [3.05, 3.63) is 54.4 Å². The topological polar surface area (TPSA) is 137 Å². The average molecular weight is 367 g/mol. The normalized spacial score (nSPS) is 10.6. The zero-order valence-electron chi connectivity index (χ0n) is 13.7. The average Bonchev–Trinajstić information content (AvgIpc) is 2.49. The van der Waals surface area contributed by atoms with Crippen LogP contribution in [0.4, 0.5) is 5.82 Å². The Morgan fingerprint density at radius 1 is 1.32 bits per heavy atom. The van der Waals surface area contributed by atoms with Gasteiger partial charge < -0.3 is 10.5 Å². The Morgan fingerprint density at radius 2 is 1.96 bits per heavy atom. The van der Waals surface area contributed by atoms with Crippen molar-refractivity contribution in [2.45, 2.75) is 13.8 Å². The molecule has 25 heavy (non-hydrogen) atoms. The van der Waals surface area contributed by atoms with Crippen molar-refractivity contribution in [2.24, 2.45) is 7.05 Å². The van der Waals surface area contributed by atoms with Crippen molar-refractivity contribution >= 4 is 29.2 Å². The first kappa shape index (κ1) is 18.4. The van der Waals surface area contributed by atoms with Crippen LogP contribution in [0.2, 0.25) is 5.15 Å². The first-order valence-corrected chi connectivity index (χ1v) is 7.44. The SMILES string of the molecule is Cc1cc(C)c(C(=O)OCC(=O)c2c(N)n(C)c(=O)[nH]c2=O)c(Cl)n1. The van der Waals surface area contributed by atoms with E-state index < -0.39 is 35.2 Å². The summed E-state index contributed by atoms with van der Waals surface area (Å²) in [5, 5.41) is -0.0468. The van der Waals surface area contributed by atoms with Gasteiger partial charge in [-0.25, -0.2) is 14.6 Å². The van der Waals surface area contributed by atoms with Crippen molar-refractivity contribution in [3.8, 4) is 0 Å². The number of aromatic amines is 1. The molecule has 0 radical (unpaired) electrons. The quantitative estimate of drug-likeness (QED) is 0.452. The van der Waals surface area contributed by atoms with Crippen LogP contribution in [0, 0.1) is 13.8 Å². The Kier molecular flexibility index (Phi) is 5.07. The molecule has 2 rings (SSSR count). The van der Waals surface area contributed by atoms with Crippen LogP contribution in [0.3, 0.4) is 0 Å². The summed E-state index contributed by atoms with van der Waals surface area (Å²) < 4.78 is 5.82. The Hall–Kier alpha value is -2.94. The van der Waals surface area contributed by atoms with Crippen molar-refractivity contribution < 1.29 is 14.3 Å². The minimum atomic E-state index is -0.951. The lowest BCUT2D eigenvalue weighted by Crippen LogP contribution is -2.35. The second-order valence-electron chi connectivity index (χ2n) is 5.32. The summed E-state index contributed by atoms with van der Waals surface area (Å²) in [4.78, 5) is 53.4. The number of aromatic nitrogens is 3. The van der Waals surface area contributed by atoms with Gasteiger partial charge in [0.1, 0.15) is 16.5 Å². The maximum Gasteiger partial charge on any atom is 0.342 e. The fraction of sp³-hybridized carbons (Fsp3) is 0.267. The molecule has 0 spiro atoms. The minimum absolute atomic E-state index is 0.0300. The van der Waals surface area contributed by atoms with Gasteiger partial charge in [-0.1, -0.05) is 11.6 Å². The van der Waals surface area contributed by atoms with E-state index in [-0.39, 0.29) is 16.5 Å². The summed E-state index contributed by atoms with van der Waals surface area (Å²) in [6.07, 6.45) is 0. The van der Waals surface area contributed by atoms with Crippen LogP contribution in [-0.4, -0.2) is 32.9 Å². The molecule has 10 heteroatoms. The standard InChI is InChI=1S/C15H15ClN4O5/c1-6-4-7(2)18-11(16)9(6)14(23)25-5-8(21)10-12(17)20(3)15(24)19-13(10)22/h4H,5,17H2,1-3H3,(H,19,22,24). The van der Waals surface area contributed by atoms with Crippen molar-refractivity contribution in [1.82, 2.24) is 14.5 Å². The monoisotopic (exact) mass is 366 g/mol. The van der Waals surface area contributed by atoms with Crippen LogP contribution < -0.4 is 17.0 Å². The van der Waals surface area contributed by atoms with Gasteiger partial charge in [0.15, 0.2) is 6.61 Å². The Bertz CT molecular complexity index is 969. The van der Waals surface area contributed by atoms with E-state index in [0.29, 0.717) is 11.3 Å². The fourth-order valence-electron chi connectivity index (χ4n) is 2.22. The second kappa shape index (κ2) is 6.89. The van der Waals surface area contributed by atoms with E-state index in [9.17, 15) is 19.2 Å². The molecule has 9 nitrogen and oxygen atoms in total. The maximum absolute atomic E-state index is 12.2. The smallest absolute Gasteiger partial charge is 0.342 e. The molecule has 2 heterocycles. The molecule has 132 valence electrons. The Balaban J connectivity index is 2.25. The number of nitrogens with zero attached hydrogens (tertiary/aromatic N) is 2. The lowest BCUT2D eigenvalue weighted by atomic mass is 10.1. The van der Waals surface area contributed by atoms with Crippen LogP contribution in [0.1, 0.15) is 32.0 Å². The molecule has 2 aromatic heterocycles. The molecule has 2 aromatic rings. The number of rotatable bonds is 4. The molecule has 0 atom stereocenters. The van der Waals surface area contributed by atoms with Crippen LogP contribution >= 0.6 is 11.6 Å². The first-order chi connectivity index (χ1) is 11.6. The Morgan fingerprint density at radius 3 is 2.56 bits per heavy atom. The zero-order valence-corrected chi connectivity index (χ0v) is 14.4. The minimum Gasteiger partial charge on any atom is -0.454 e. The molecule has 0 aliphatic heterocycles. The number of ketones is 1. The van der Waals surface area contributed by atoms with Gasteiger partial charge in [0.05, 0.1) is 5.56 Å². The van der Waals surface area contributed by atoms with E-state index in [1.165, 1.54) is 7.05 Å². The van der Waals surface area contributed by atoms with E-state index in [1.807, 2.05) is 4.98 Å². The third-order valence-corrected chi connectivity index (χ3v) is 3.76. The van der Waals surface area contributed by atoms with Gasteiger partial charge in [-0.15, -0.1) is 0 Å². The van der Waals surface area contributed by atoms with Gasteiger partial charge in [0, 0.05) is 12.7 Å². The van der Waals surface area contributed by atoms with Gasteiger partial charge in [0.25, 0.3) is 5.56 Å². The molecule has 0 fully saturated rings. The number of carbonyl (C=O) groups is 2. The predicted octanol–water partition coefficient (Wildman–Crippen LogP) is 0.361. The number of Topliss-reactive ketones (excluding diaryl/α,β-unsaturated/α-hetero) is 1. The molecule has 0 bridgehead atoms. The van der Waals surface area contributed by atoms with Crippen molar-refractivity contribution in [1.29, 1.82) is 0 Å². The van der Waals surface area contributed by atoms with Crippen molar-refractivity contribution in [3.63, 3.8) is 0 Å². The summed E-state index contributed by atoms with van der Waals surface area (Å²) in [6.45, 7) is 2.62. The van der Waals surface area contributed by atoms with Crippen LogP contribution in [0.15, 0.2) is 15.7 Å². The molecule has 0 unspecified atom stereocenters. The summed E-state index contributed by atoms with van der Waals surface area (Å²) in [7, 11) is 1.29. The number of hydrogen-bond acceptors (Lipinski definition) is 7. The third kappa shape index (κ3) is 3.61. The molecule has 0 aromatic carbocycles. The lowest BCUT2D eigenvalue weighted by Gasteiger charge is -2.10. The summed E-state index contributed by atoms with van der Waals surface area (Å²) in [5.41, 5.74) is 4.64. The van der Waals surface area contributed by atoms with Gasteiger partial charge in [-0.05, 0) is 25.5 Å². The number of carbonyl (C=O) groups excluding carboxylic acids is 2. The highest BCUT2D eigenvalue weighted by atomic mass is 35.5. The molecule has 0 saturated carbocycles.